The molecular weight excluding hydrogens is 236 g/mol. The van der Waals surface area contributed by atoms with Gasteiger partial charge in [-0.2, -0.15) is 4.73 Å². The summed E-state index contributed by atoms with van der Waals surface area (Å²) in [6, 6.07) is 0. The Morgan fingerprint density at radius 3 is 3.17 bits per heavy atom. The third kappa shape index (κ3) is 2.14. The number of nitrogens with zero attached hydrogens (tertiary/aromatic N) is 4. The number of hydrogen-bond donors (Lipinski definition) is 0. The molecule has 0 N–H and O–H groups in total. The van der Waals surface area contributed by atoms with Gasteiger partial charge < -0.3 is 14.3 Å². The lowest BCUT2D eigenvalue weighted by Crippen LogP contribution is -2.28. The van der Waals surface area contributed by atoms with Gasteiger partial charge in [0.15, 0.2) is 11.4 Å². The van der Waals surface area contributed by atoms with Crippen molar-refractivity contribution in [1.82, 2.24) is 19.7 Å². The summed E-state index contributed by atoms with van der Waals surface area (Å²) in [7, 11) is 0. The van der Waals surface area contributed by atoms with Gasteiger partial charge in [-0.05, 0) is 13.8 Å². The molecule has 3 rings (SSSR count). The summed E-state index contributed by atoms with van der Waals surface area (Å²) in [4.78, 5) is 17.7. The molecule has 0 aromatic carbocycles. The van der Waals surface area contributed by atoms with E-state index in [9.17, 15) is 0 Å². The quantitative estimate of drug-likeness (QED) is 0.785. The van der Waals surface area contributed by atoms with Crippen LogP contribution < -0.4 is 4.84 Å². The van der Waals surface area contributed by atoms with Crippen LogP contribution in [0.1, 0.15) is 13.8 Å². The van der Waals surface area contributed by atoms with Crippen LogP contribution in [0.2, 0.25) is 0 Å². The molecule has 1 aliphatic rings. The first-order valence-electron chi connectivity index (χ1n) is 5.72. The zero-order valence-corrected chi connectivity index (χ0v) is 10.2. The van der Waals surface area contributed by atoms with Crippen LogP contribution in [0.5, 0.6) is 0 Å². The van der Waals surface area contributed by atoms with Crippen LogP contribution in [0.4, 0.5) is 0 Å². The lowest BCUT2D eigenvalue weighted by molar-refractivity contribution is -0.145. The normalized spacial score (nSPS) is 22.4. The second-order valence-electron chi connectivity index (χ2n) is 4.55. The first-order chi connectivity index (χ1) is 8.64. The second kappa shape index (κ2) is 4.18. The van der Waals surface area contributed by atoms with E-state index in [1.54, 1.807) is 12.5 Å². The third-order valence-electron chi connectivity index (χ3n) is 2.65. The van der Waals surface area contributed by atoms with Gasteiger partial charge in [-0.15, -0.1) is 0 Å². The van der Waals surface area contributed by atoms with Crippen LogP contribution in [0.15, 0.2) is 18.9 Å². The maximum Gasteiger partial charge on any atom is 0.198 e. The maximum atomic E-state index is 5.65. The minimum absolute atomic E-state index is 0.0840. The standard InChI is InChI=1S/C11H14N4O3/c1-11(2)16-4-8(18-11)5-17-15-7-14-9-3-12-6-13-10(9)15/h3,6-8H,4-5H2,1-2H3. The molecule has 7 nitrogen and oxygen atoms in total. The number of hydrogen-bond acceptors (Lipinski definition) is 6. The highest BCUT2D eigenvalue weighted by Gasteiger charge is 2.33. The van der Waals surface area contributed by atoms with Crippen molar-refractivity contribution in [1.29, 1.82) is 0 Å². The number of aromatic nitrogens is 4. The topological polar surface area (TPSA) is 71.3 Å². The molecule has 1 unspecified atom stereocenters. The van der Waals surface area contributed by atoms with Crippen molar-refractivity contribution in [2.75, 3.05) is 13.2 Å². The van der Waals surface area contributed by atoms with Crippen molar-refractivity contribution < 1.29 is 14.3 Å². The predicted molar refractivity (Wildman–Crippen MR) is 61.7 cm³/mol. The summed E-state index contributed by atoms with van der Waals surface area (Å²) in [6.07, 6.45) is 4.59. The van der Waals surface area contributed by atoms with E-state index in [1.807, 2.05) is 13.8 Å². The van der Waals surface area contributed by atoms with Gasteiger partial charge in [0.1, 0.15) is 30.9 Å². The molecule has 2 aromatic heterocycles. The third-order valence-corrected chi connectivity index (χ3v) is 2.65. The molecule has 1 atom stereocenters. The summed E-state index contributed by atoms with van der Waals surface area (Å²) in [6.45, 7) is 4.67. The largest absolute Gasteiger partial charge is 0.408 e. The van der Waals surface area contributed by atoms with E-state index < -0.39 is 5.79 Å². The van der Waals surface area contributed by atoms with E-state index in [0.717, 1.165) is 0 Å². The highest BCUT2D eigenvalue weighted by atomic mass is 16.8. The molecule has 18 heavy (non-hydrogen) atoms. The molecule has 7 heteroatoms. The van der Waals surface area contributed by atoms with E-state index >= 15 is 0 Å². The predicted octanol–water partition coefficient (Wildman–Crippen LogP) is 0.406. The molecular formula is C11H14N4O3. The molecule has 96 valence electrons. The van der Waals surface area contributed by atoms with Crippen LogP contribution in [0.25, 0.3) is 11.2 Å². The highest BCUT2D eigenvalue weighted by molar-refractivity contribution is 5.68. The van der Waals surface area contributed by atoms with Crippen molar-refractivity contribution in [2.45, 2.75) is 25.7 Å². The molecule has 0 radical (unpaired) electrons. The molecule has 3 heterocycles. The van der Waals surface area contributed by atoms with Crippen LogP contribution in [-0.2, 0) is 9.47 Å². The van der Waals surface area contributed by atoms with Crippen LogP contribution in [0.3, 0.4) is 0 Å². The van der Waals surface area contributed by atoms with Crippen LogP contribution in [-0.4, -0.2) is 44.8 Å². The SMILES string of the molecule is CC1(C)OCC(COn2cnc3cncnc32)O1. The number of ether oxygens (including phenoxy) is 2. The molecule has 1 aliphatic heterocycles. The van der Waals surface area contributed by atoms with Crippen molar-refractivity contribution in [3.8, 4) is 0 Å². The van der Waals surface area contributed by atoms with E-state index in [2.05, 4.69) is 15.0 Å². The van der Waals surface area contributed by atoms with Crippen molar-refractivity contribution >= 4 is 11.2 Å². The number of fused-ring (bicyclic) bond motifs is 1. The van der Waals surface area contributed by atoms with Crippen molar-refractivity contribution in [2.24, 2.45) is 0 Å². The zero-order chi connectivity index (χ0) is 12.6. The number of imidazole rings is 1. The van der Waals surface area contributed by atoms with Crippen molar-refractivity contribution in [3.63, 3.8) is 0 Å². The molecule has 0 bridgehead atoms. The first-order valence-corrected chi connectivity index (χ1v) is 5.72. The number of rotatable bonds is 3. The monoisotopic (exact) mass is 250 g/mol. The van der Waals surface area contributed by atoms with E-state index in [-0.39, 0.29) is 6.10 Å². The smallest absolute Gasteiger partial charge is 0.198 e. The Morgan fingerprint density at radius 2 is 2.39 bits per heavy atom. The highest BCUT2D eigenvalue weighted by Crippen LogP contribution is 2.22. The molecule has 2 aromatic rings. The van der Waals surface area contributed by atoms with Crippen LogP contribution in [0, 0.1) is 0 Å². The summed E-state index contributed by atoms with van der Waals surface area (Å²) in [5, 5.41) is 0. The summed E-state index contributed by atoms with van der Waals surface area (Å²) in [5.74, 6) is -0.535. The first kappa shape index (κ1) is 11.4. The molecule has 1 saturated heterocycles. The maximum absolute atomic E-state index is 5.65. The van der Waals surface area contributed by atoms with E-state index in [0.29, 0.717) is 24.4 Å². The Hall–Kier alpha value is -1.73. The van der Waals surface area contributed by atoms with Gasteiger partial charge in [0, 0.05) is 0 Å². The molecule has 0 saturated carbocycles. The Balaban J connectivity index is 1.67. The van der Waals surface area contributed by atoms with Crippen molar-refractivity contribution in [3.05, 3.63) is 18.9 Å². The van der Waals surface area contributed by atoms with Gasteiger partial charge in [-0.25, -0.2) is 15.0 Å². The average molecular weight is 250 g/mol. The van der Waals surface area contributed by atoms with Gasteiger partial charge in [0.05, 0.1) is 12.8 Å². The van der Waals surface area contributed by atoms with Gasteiger partial charge in [0.25, 0.3) is 0 Å². The second-order valence-corrected chi connectivity index (χ2v) is 4.55. The molecule has 0 amide bonds. The molecule has 0 aliphatic carbocycles. The fourth-order valence-electron chi connectivity index (χ4n) is 1.85. The average Bonchev–Trinajstić information content (AvgIpc) is 2.90. The fraction of sp³-hybridized carbons (Fsp3) is 0.545. The molecule has 1 fully saturated rings. The van der Waals surface area contributed by atoms with Gasteiger partial charge >= 0.3 is 0 Å². The Kier molecular flexibility index (Phi) is 2.64. The zero-order valence-electron chi connectivity index (χ0n) is 10.2. The minimum Gasteiger partial charge on any atom is -0.408 e. The lowest BCUT2D eigenvalue weighted by Gasteiger charge is -2.17. The van der Waals surface area contributed by atoms with Gasteiger partial charge in [-0.1, -0.05) is 0 Å². The van der Waals surface area contributed by atoms with E-state index in [4.69, 9.17) is 14.3 Å². The summed E-state index contributed by atoms with van der Waals surface area (Å²) in [5.41, 5.74) is 1.34. The Morgan fingerprint density at radius 1 is 1.50 bits per heavy atom. The molecule has 0 spiro atoms. The van der Waals surface area contributed by atoms with Gasteiger partial charge in [0.2, 0.25) is 0 Å². The fourth-order valence-corrected chi connectivity index (χ4v) is 1.85. The lowest BCUT2D eigenvalue weighted by atomic mass is 10.4. The van der Waals surface area contributed by atoms with E-state index in [1.165, 1.54) is 11.1 Å². The summed E-state index contributed by atoms with van der Waals surface area (Å²) >= 11 is 0. The minimum atomic E-state index is -0.535. The Labute approximate surface area is 104 Å². The Bertz CT molecular complexity index is 554. The van der Waals surface area contributed by atoms with Gasteiger partial charge in [-0.3, -0.25) is 0 Å². The summed E-state index contributed by atoms with van der Waals surface area (Å²) < 4.78 is 12.6. The van der Waals surface area contributed by atoms with Crippen LogP contribution >= 0.6 is 0 Å².